The summed E-state index contributed by atoms with van der Waals surface area (Å²) in [6, 6.07) is 39.0. The topological polar surface area (TPSA) is 137 Å². The second-order valence-electron chi connectivity index (χ2n) is 10.1. The first-order valence-corrected chi connectivity index (χ1v) is 13.8. The Labute approximate surface area is 241 Å². The molecule has 0 aliphatic rings. The lowest BCUT2D eigenvalue weighted by molar-refractivity contribution is -0.136. The van der Waals surface area contributed by atoms with E-state index in [1.54, 1.807) is 0 Å². The van der Waals surface area contributed by atoms with Gasteiger partial charge in [0.05, 0.1) is 5.92 Å². The van der Waals surface area contributed by atoms with Crippen molar-refractivity contribution >= 4 is 17.6 Å². The number of Topliss-reactive ketones (excluding diaryl/α,β-unsaturated/α-hetero) is 1. The Kier molecular flexibility index (Phi) is 10.0. The lowest BCUT2D eigenvalue weighted by Gasteiger charge is -2.35. The molecule has 0 aromatic heterocycles. The molecule has 0 fully saturated rings. The summed E-state index contributed by atoms with van der Waals surface area (Å²) >= 11 is 0. The molecule has 0 spiro atoms. The standard InChI is InChI=1S/C34H37N5O2/c35-32(41)34(22-13-23-38-33(36)37,31(40)30(27-18-9-3-10-19-27)28-20-11-4-12-21-28)39-24-29(25-14-5-1-6-15-25)26-16-7-2-8-17-26/h1-12,14-21,29-30,39H,13,22-24H2,(H2,35,41)(H4,36,37,38)/t34-/m1/s1. The highest BCUT2D eigenvalue weighted by Gasteiger charge is 2.47. The van der Waals surface area contributed by atoms with E-state index in [1.165, 1.54) is 0 Å². The Balaban J connectivity index is 1.78. The molecule has 0 bridgehead atoms. The Hall–Kier alpha value is -4.75. The summed E-state index contributed by atoms with van der Waals surface area (Å²) < 4.78 is 0. The summed E-state index contributed by atoms with van der Waals surface area (Å²) in [6.45, 7) is 0.565. The van der Waals surface area contributed by atoms with Crippen LogP contribution in [0.3, 0.4) is 0 Å². The molecule has 7 N–H and O–H groups in total. The van der Waals surface area contributed by atoms with Crippen LogP contribution in [0.2, 0.25) is 0 Å². The van der Waals surface area contributed by atoms with Crippen molar-refractivity contribution in [2.45, 2.75) is 30.2 Å². The molecule has 0 radical (unpaired) electrons. The minimum atomic E-state index is -1.68. The normalized spacial score (nSPS) is 12.5. The highest BCUT2D eigenvalue weighted by atomic mass is 16.2. The average molecular weight is 548 g/mol. The second kappa shape index (κ2) is 14.1. The molecule has 0 saturated heterocycles. The Morgan fingerprint density at radius 1 is 0.659 bits per heavy atom. The van der Waals surface area contributed by atoms with Gasteiger partial charge in [-0.25, -0.2) is 0 Å². The third-order valence-corrected chi connectivity index (χ3v) is 7.39. The van der Waals surface area contributed by atoms with Gasteiger partial charge in [0.15, 0.2) is 17.3 Å². The molecule has 4 aromatic rings. The molecule has 1 atom stereocenters. The van der Waals surface area contributed by atoms with Crippen molar-refractivity contribution < 1.29 is 9.59 Å². The molecule has 4 aromatic carbocycles. The maximum absolute atomic E-state index is 14.8. The van der Waals surface area contributed by atoms with Crippen LogP contribution in [-0.2, 0) is 9.59 Å². The monoisotopic (exact) mass is 547 g/mol. The van der Waals surface area contributed by atoms with Gasteiger partial charge >= 0.3 is 0 Å². The molecule has 0 unspecified atom stereocenters. The van der Waals surface area contributed by atoms with Gasteiger partial charge in [0.1, 0.15) is 0 Å². The zero-order valence-electron chi connectivity index (χ0n) is 23.0. The van der Waals surface area contributed by atoms with E-state index in [4.69, 9.17) is 17.2 Å². The van der Waals surface area contributed by atoms with Crippen LogP contribution in [0.25, 0.3) is 0 Å². The van der Waals surface area contributed by atoms with E-state index in [2.05, 4.69) is 10.3 Å². The first-order valence-electron chi connectivity index (χ1n) is 13.8. The summed E-state index contributed by atoms with van der Waals surface area (Å²) in [5.41, 5.74) is 19.2. The van der Waals surface area contributed by atoms with Gasteiger partial charge in [0.2, 0.25) is 5.91 Å². The Bertz CT molecular complexity index is 1350. The molecule has 210 valence electrons. The first kappa shape index (κ1) is 29.2. The predicted octanol–water partition coefficient (Wildman–Crippen LogP) is 4.09. The zero-order chi connectivity index (χ0) is 29.1. The third-order valence-electron chi connectivity index (χ3n) is 7.39. The van der Waals surface area contributed by atoms with Gasteiger partial charge in [-0.15, -0.1) is 0 Å². The van der Waals surface area contributed by atoms with Crippen molar-refractivity contribution in [2.75, 3.05) is 13.1 Å². The van der Waals surface area contributed by atoms with E-state index < -0.39 is 17.4 Å². The highest BCUT2D eigenvalue weighted by Crippen LogP contribution is 2.33. The van der Waals surface area contributed by atoms with E-state index in [-0.39, 0.29) is 30.6 Å². The maximum Gasteiger partial charge on any atom is 0.245 e. The van der Waals surface area contributed by atoms with Crippen molar-refractivity contribution in [2.24, 2.45) is 22.2 Å². The number of hydrogen-bond donors (Lipinski definition) is 4. The van der Waals surface area contributed by atoms with Gasteiger partial charge < -0.3 is 17.2 Å². The molecule has 0 aliphatic carbocycles. The summed E-state index contributed by atoms with van der Waals surface area (Å²) in [5, 5.41) is 3.40. The fourth-order valence-corrected chi connectivity index (χ4v) is 5.29. The largest absolute Gasteiger partial charge is 0.370 e. The average Bonchev–Trinajstić information content (AvgIpc) is 3.00. The van der Waals surface area contributed by atoms with Crippen molar-refractivity contribution in [3.63, 3.8) is 0 Å². The number of carbonyl (C=O) groups excluding carboxylic acids is 2. The fraction of sp³-hybridized carbons (Fsp3) is 0.206. The van der Waals surface area contributed by atoms with Crippen LogP contribution in [0.5, 0.6) is 0 Å². The number of amides is 1. The van der Waals surface area contributed by atoms with E-state index in [0.29, 0.717) is 13.0 Å². The van der Waals surface area contributed by atoms with Crippen LogP contribution in [0.15, 0.2) is 126 Å². The minimum absolute atomic E-state index is 0.0476. The SMILES string of the molecule is NC(=O)[C@](CCCN=C(N)N)(NCC(c1ccccc1)c1ccccc1)C(=O)C(c1ccccc1)c1ccccc1. The van der Waals surface area contributed by atoms with Crippen LogP contribution in [0, 0.1) is 0 Å². The van der Waals surface area contributed by atoms with E-state index in [1.807, 2.05) is 121 Å². The number of nitrogens with zero attached hydrogens (tertiary/aromatic N) is 1. The number of nitrogens with one attached hydrogen (secondary N) is 1. The number of benzene rings is 4. The molecular weight excluding hydrogens is 510 g/mol. The smallest absolute Gasteiger partial charge is 0.245 e. The molecule has 0 saturated carbocycles. The van der Waals surface area contributed by atoms with Crippen LogP contribution >= 0.6 is 0 Å². The lowest BCUT2D eigenvalue weighted by Crippen LogP contribution is -2.63. The number of carbonyl (C=O) groups is 2. The van der Waals surface area contributed by atoms with Gasteiger partial charge in [0.25, 0.3) is 0 Å². The van der Waals surface area contributed by atoms with E-state index in [0.717, 1.165) is 22.3 Å². The Morgan fingerprint density at radius 3 is 1.46 bits per heavy atom. The molecule has 7 nitrogen and oxygen atoms in total. The predicted molar refractivity (Wildman–Crippen MR) is 164 cm³/mol. The van der Waals surface area contributed by atoms with Gasteiger partial charge in [-0.1, -0.05) is 121 Å². The van der Waals surface area contributed by atoms with Gasteiger partial charge in [-0.2, -0.15) is 0 Å². The molecule has 0 heterocycles. The number of hydrogen-bond acceptors (Lipinski definition) is 4. The second-order valence-corrected chi connectivity index (χ2v) is 10.1. The number of guanidine groups is 1. The van der Waals surface area contributed by atoms with Crippen molar-refractivity contribution in [1.29, 1.82) is 0 Å². The quantitative estimate of drug-likeness (QED) is 0.0816. The molecule has 0 aliphatic heterocycles. The molecule has 41 heavy (non-hydrogen) atoms. The number of rotatable bonds is 14. The Morgan fingerprint density at radius 2 is 1.07 bits per heavy atom. The van der Waals surface area contributed by atoms with Gasteiger partial charge in [0, 0.05) is 19.0 Å². The van der Waals surface area contributed by atoms with Crippen molar-refractivity contribution in [3.05, 3.63) is 144 Å². The van der Waals surface area contributed by atoms with Gasteiger partial charge in [-0.05, 0) is 35.1 Å². The fourth-order valence-electron chi connectivity index (χ4n) is 5.29. The third kappa shape index (κ3) is 7.26. The molecule has 1 amide bonds. The highest BCUT2D eigenvalue weighted by molar-refractivity contribution is 6.13. The van der Waals surface area contributed by atoms with Crippen molar-refractivity contribution in [1.82, 2.24) is 5.32 Å². The maximum atomic E-state index is 14.8. The van der Waals surface area contributed by atoms with Crippen molar-refractivity contribution in [3.8, 4) is 0 Å². The van der Waals surface area contributed by atoms with E-state index in [9.17, 15) is 9.59 Å². The van der Waals surface area contributed by atoms with Crippen LogP contribution in [-0.4, -0.2) is 36.3 Å². The summed E-state index contributed by atoms with van der Waals surface area (Å²) in [4.78, 5) is 32.3. The number of nitrogens with two attached hydrogens (primary N) is 3. The van der Waals surface area contributed by atoms with Crippen LogP contribution in [0.4, 0.5) is 0 Å². The molecule has 7 heteroatoms. The molecule has 4 rings (SSSR count). The summed E-state index contributed by atoms with van der Waals surface area (Å²) in [5.74, 6) is -1.94. The summed E-state index contributed by atoms with van der Waals surface area (Å²) in [7, 11) is 0. The van der Waals surface area contributed by atoms with Crippen LogP contribution in [0.1, 0.15) is 46.9 Å². The molecular formula is C34H37N5O2. The number of ketones is 1. The van der Waals surface area contributed by atoms with Crippen LogP contribution < -0.4 is 22.5 Å². The number of aliphatic imine (C=N–C) groups is 1. The number of primary amides is 1. The first-order chi connectivity index (χ1) is 19.9. The lowest BCUT2D eigenvalue weighted by atomic mass is 9.75. The van der Waals surface area contributed by atoms with E-state index >= 15 is 0 Å². The summed E-state index contributed by atoms with van der Waals surface area (Å²) in [6.07, 6.45) is 0.502. The van der Waals surface area contributed by atoms with Gasteiger partial charge in [-0.3, -0.25) is 19.9 Å². The minimum Gasteiger partial charge on any atom is -0.370 e. The zero-order valence-corrected chi connectivity index (χ0v) is 23.0.